The Morgan fingerprint density at radius 1 is 1.26 bits per heavy atom. The van der Waals surface area contributed by atoms with Crippen molar-refractivity contribution in [2.45, 2.75) is 19.9 Å². The van der Waals surface area contributed by atoms with Crippen LogP contribution in [0.15, 0.2) is 12.3 Å². The zero-order valence-corrected chi connectivity index (χ0v) is 10.6. The highest BCUT2D eigenvalue weighted by Gasteiger charge is 2.31. The van der Waals surface area contributed by atoms with Crippen molar-refractivity contribution in [3.8, 4) is 0 Å². The van der Waals surface area contributed by atoms with Gasteiger partial charge >= 0.3 is 11.9 Å². The van der Waals surface area contributed by atoms with Gasteiger partial charge in [0.15, 0.2) is 0 Å². The second kappa shape index (κ2) is 7.14. The quantitative estimate of drug-likeness (QED) is 0.538. The van der Waals surface area contributed by atoms with Gasteiger partial charge in [0.25, 0.3) is 5.91 Å². The number of hydrogen-bond donors (Lipinski definition) is 2. The Morgan fingerprint density at radius 3 is 2.26 bits per heavy atom. The summed E-state index contributed by atoms with van der Waals surface area (Å²) < 4.78 is 9.42. The van der Waals surface area contributed by atoms with Gasteiger partial charge in [-0.15, -0.1) is 0 Å². The van der Waals surface area contributed by atoms with Crippen molar-refractivity contribution in [3.05, 3.63) is 18.0 Å². The van der Waals surface area contributed by atoms with Gasteiger partial charge in [0.2, 0.25) is 6.04 Å². The van der Waals surface area contributed by atoms with Gasteiger partial charge in [-0.2, -0.15) is 5.10 Å². The van der Waals surface area contributed by atoms with Crippen LogP contribution in [0.1, 0.15) is 24.3 Å². The van der Waals surface area contributed by atoms with Gasteiger partial charge in [-0.05, 0) is 19.9 Å². The maximum absolute atomic E-state index is 11.7. The van der Waals surface area contributed by atoms with Crippen LogP contribution >= 0.6 is 0 Å². The van der Waals surface area contributed by atoms with Crippen LogP contribution in [-0.2, 0) is 19.1 Å². The average Bonchev–Trinajstić information content (AvgIpc) is 2.90. The van der Waals surface area contributed by atoms with E-state index in [0.29, 0.717) is 0 Å². The maximum atomic E-state index is 11.7. The van der Waals surface area contributed by atoms with Crippen LogP contribution in [0, 0.1) is 0 Å². The molecule has 0 aliphatic heterocycles. The van der Waals surface area contributed by atoms with Gasteiger partial charge in [0, 0.05) is 6.20 Å². The number of carbonyl (C=O) groups excluding carboxylic acids is 3. The summed E-state index contributed by atoms with van der Waals surface area (Å²) in [6.45, 7) is 3.37. The fourth-order valence-corrected chi connectivity index (χ4v) is 1.26. The summed E-state index contributed by atoms with van der Waals surface area (Å²) >= 11 is 0. The lowest BCUT2D eigenvalue weighted by Gasteiger charge is -2.15. The Morgan fingerprint density at radius 2 is 1.84 bits per heavy atom. The fraction of sp³-hybridized carbons (Fsp3) is 0.455. The van der Waals surface area contributed by atoms with Crippen molar-refractivity contribution in [2.24, 2.45) is 0 Å². The highest BCUT2D eigenvalue weighted by atomic mass is 16.6. The molecule has 0 unspecified atom stereocenters. The molecule has 1 rings (SSSR count). The molecule has 1 heterocycles. The molecule has 19 heavy (non-hydrogen) atoms. The number of nitrogens with one attached hydrogen (secondary N) is 2. The van der Waals surface area contributed by atoms with E-state index in [1.807, 2.05) is 0 Å². The van der Waals surface area contributed by atoms with Crippen molar-refractivity contribution in [1.82, 2.24) is 15.5 Å². The number of nitrogens with zero attached hydrogens (tertiary/aromatic N) is 1. The Hall–Kier alpha value is -2.38. The zero-order valence-electron chi connectivity index (χ0n) is 10.6. The molecule has 0 aliphatic carbocycles. The van der Waals surface area contributed by atoms with E-state index in [1.54, 1.807) is 13.8 Å². The minimum absolute atomic E-state index is 0.0919. The first-order valence-electron chi connectivity index (χ1n) is 5.73. The van der Waals surface area contributed by atoms with Gasteiger partial charge in [0.1, 0.15) is 5.69 Å². The lowest BCUT2D eigenvalue weighted by atomic mass is 10.2. The van der Waals surface area contributed by atoms with Crippen LogP contribution in [0.4, 0.5) is 0 Å². The van der Waals surface area contributed by atoms with Gasteiger partial charge < -0.3 is 14.8 Å². The molecule has 0 fully saturated rings. The Kier molecular flexibility index (Phi) is 5.52. The van der Waals surface area contributed by atoms with Gasteiger partial charge in [-0.1, -0.05) is 0 Å². The molecule has 0 saturated carbocycles. The van der Waals surface area contributed by atoms with E-state index in [-0.39, 0.29) is 18.9 Å². The monoisotopic (exact) mass is 269 g/mol. The van der Waals surface area contributed by atoms with E-state index < -0.39 is 23.9 Å². The molecule has 0 atom stereocenters. The zero-order chi connectivity index (χ0) is 14.3. The van der Waals surface area contributed by atoms with E-state index in [4.69, 9.17) is 9.47 Å². The van der Waals surface area contributed by atoms with E-state index in [9.17, 15) is 14.4 Å². The number of amides is 1. The highest BCUT2D eigenvalue weighted by Crippen LogP contribution is 1.98. The molecule has 2 N–H and O–H groups in total. The summed E-state index contributed by atoms with van der Waals surface area (Å²) in [5, 5.41) is 8.24. The summed E-state index contributed by atoms with van der Waals surface area (Å²) in [7, 11) is 0. The van der Waals surface area contributed by atoms with Crippen LogP contribution in [0.5, 0.6) is 0 Å². The highest BCUT2D eigenvalue weighted by molar-refractivity contribution is 6.05. The third-order valence-corrected chi connectivity index (χ3v) is 2.07. The number of esters is 2. The van der Waals surface area contributed by atoms with E-state index in [1.165, 1.54) is 12.3 Å². The second-order valence-electron chi connectivity index (χ2n) is 3.38. The van der Waals surface area contributed by atoms with Crippen LogP contribution in [0.25, 0.3) is 0 Å². The molecular weight excluding hydrogens is 254 g/mol. The minimum atomic E-state index is -1.49. The van der Waals surface area contributed by atoms with Crippen molar-refractivity contribution in [3.63, 3.8) is 0 Å². The number of carbonyl (C=O) groups is 3. The topological polar surface area (TPSA) is 110 Å². The van der Waals surface area contributed by atoms with Crippen LogP contribution < -0.4 is 5.32 Å². The number of H-pyrrole nitrogens is 1. The SMILES string of the molecule is CCOC(=O)C(NC(=O)c1ccn[nH]1)C(=O)OCC. The predicted molar refractivity (Wildman–Crippen MR) is 63.1 cm³/mol. The number of rotatable bonds is 6. The number of hydrogen-bond acceptors (Lipinski definition) is 6. The normalized spacial score (nSPS) is 10.1. The molecule has 0 saturated heterocycles. The molecule has 0 spiro atoms. The first-order chi connectivity index (χ1) is 9.10. The van der Waals surface area contributed by atoms with Gasteiger partial charge in [0.05, 0.1) is 13.2 Å². The van der Waals surface area contributed by atoms with Gasteiger partial charge in [-0.3, -0.25) is 9.89 Å². The smallest absolute Gasteiger partial charge is 0.340 e. The Balaban J connectivity index is 2.76. The van der Waals surface area contributed by atoms with Crippen LogP contribution in [-0.4, -0.2) is 47.3 Å². The first-order valence-corrected chi connectivity index (χ1v) is 5.73. The molecule has 0 aliphatic rings. The fourth-order valence-electron chi connectivity index (χ4n) is 1.26. The summed E-state index contributed by atoms with van der Waals surface area (Å²) in [5.41, 5.74) is 0.124. The summed E-state index contributed by atoms with van der Waals surface area (Å²) in [5.74, 6) is -2.38. The largest absolute Gasteiger partial charge is 0.464 e. The molecule has 1 aromatic heterocycles. The van der Waals surface area contributed by atoms with Crippen molar-refractivity contribution in [1.29, 1.82) is 0 Å². The Bertz CT molecular complexity index is 425. The second-order valence-corrected chi connectivity index (χ2v) is 3.38. The Labute approximate surface area is 109 Å². The predicted octanol–water partition coefficient (Wildman–Crippen LogP) is -0.366. The lowest BCUT2D eigenvalue weighted by Crippen LogP contribution is -2.48. The summed E-state index contributed by atoms with van der Waals surface area (Å²) in [6.07, 6.45) is 1.37. The maximum Gasteiger partial charge on any atom is 0.340 e. The number of ether oxygens (including phenoxy) is 2. The first kappa shape index (κ1) is 14.7. The molecule has 0 radical (unpaired) electrons. The standard InChI is InChI=1S/C11H15N3O5/c1-3-18-10(16)8(11(17)19-4-2)13-9(15)7-5-6-12-14-7/h5-6,8H,3-4H2,1-2H3,(H,12,14)(H,13,15). The molecule has 1 aromatic rings. The van der Waals surface area contributed by atoms with Crippen molar-refractivity contribution < 1.29 is 23.9 Å². The third kappa shape index (κ3) is 4.09. The van der Waals surface area contributed by atoms with E-state index in [0.717, 1.165) is 0 Å². The summed E-state index contributed by atoms with van der Waals surface area (Å²) in [6, 6.07) is -0.0846. The molecule has 8 heteroatoms. The molecule has 1 amide bonds. The lowest BCUT2D eigenvalue weighted by molar-refractivity contribution is -0.157. The number of aromatic amines is 1. The summed E-state index contributed by atoms with van der Waals surface area (Å²) in [4.78, 5) is 34.9. The third-order valence-electron chi connectivity index (χ3n) is 2.07. The molecule has 0 bridgehead atoms. The van der Waals surface area contributed by atoms with Crippen molar-refractivity contribution >= 4 is 17.8 Å². The molecule has 8 nitrogen and oxygen atoms in total. The van der Waals surface area contributed by atoms with E-state index >= 15 is 0 Å². The van der Waals surface area contributed by atoms with Gasteiger partial charge in [-0.25, -0.2) is 9.59 Å². The van der Waals surface area contributed by atoms with Crippen LogP contribution in [0.3, 0.4) is 0 Å². The van der Waals surface area contributed by atoms with Crippen LogP contribution in [0.2, 0.25) is 0 Å². The molecule has 104 valence electrons. The van der Waals surface area contributed by atoms with E-state index in [2.05, 4.69) is 15.5 Å². The number of aromatic nitrogens is 2. The molecule has 0 aromatic carbocycles. The minimum Gasteiger partial charge on any atom is -0.464 e. The van der Waals surface area contributed by atoms with Crippen molar-refractivity contribution in [2.75, 3.05) is 13.2 Å². The molecular formula is C11H15N3O5. The average molecular weight is 269 g/mol.